The molecule has 1 fully saturated rings. The van der Waals surface area contributed by atoms with E-state index in [9.17, 15) is 4.79 Å². The second-order valence-corrected chi connectivity index (χ2v) is 7.96. The maximum atomic E-state index is 12.7. The Kier molecular flexibility index (Phi) is 7.47. The first-order valence-corrected chi connectivity index (χ1v) is 11.4. The number of hydrogen-bond donors (Lipinski definition) is 0. The van der Waals surface area contributed by atoms with Gasteiger partial charge in [-0.05, 0) is 48.4 Å². The van der Waals surface area contributed by atoms with Crippen LogP contribution in [0, 0.1) is 0 Å². The summed E-state index contributed by atoms with van der Waals surface area (Å²) in [4.78, 5) is 16.6. The molecule has 1 aliphatic rings. The summed E-state index contributed by atoms with van der Waals surface area (Å²) in [6, 6.07) is 17.3. The number of carbonyl (C=O) groups excluding carboxylic acids is 1. The number of amides is 1. The smallest absolute Gasteiger partial charge is 0.260 e. The highest BCUT2D eigenvalue weighted by Gasteiger charge is 2.23. The number of ether oxygens (including phenoxy) is 3. The molecule has 1 aliphatic heterocycles. The monoisotopic (exact) mass is 462 g/mol. The van der Waals surface area contributed by atoms with Crippen LogP contribution in [0.1, 0.15) is 12.5 Å². The van der Waals surface area contributed by atoms with Gasteiger partial charge in [0.15, 0.2) is 12.4 Å². The van der Waals surface area contributed by atoms with E-state index in [0.29, 0.717) is 37.6 Å². The number of anilines is 1. The molecule has 0 N–H and O–H groups in total. The van der Waals surface area contributed by atoms with E-state index in [1.807, 2.05) is 59.5 Å². The van der Waals surface area contributed by atoms with E-state index in [-0.39, 0.29) is 12.5 Å². The van der Waals surface area contributed by atoms with E-state index in [2.05, 4.69) is 22.0 Å². The third-order valence-corrected chi connectivity index (χ3v) is 5.99. The van der Waals surface area contributed by atoms with E-state index in [1.165, 1.54) is 0 Å². The molecular weight excluding hydrogens is 432 g/mol. The predicted octanol–water partition coefficient (Wildman–Crippen LogP) is 3.45. The van der Waals surface area contributed by atoms with Crippen LogP contribution in [0.3, 0.4) is 0 Å². The lowest BCUT2D eigenvalue weighted by Gasteiger charge is -2.35. The summed E-state index contributed by atoms with van der Waals surface area (Å²) in [6.07, 6.45) is 0.869. The molecular formula is C26H30N4O4. The Morgan fingerprint density at radius 1 is 0.912 bits per heavy atom. The van der Waals surface area contributed by atoms with Gasteiger partial charge in [-0.15, -0.1) is 10.2 Å². The molecule has 0 aliphatic carbocycles. The number of aromatic nitrogens is 2. The lowest BCUT2D eigenvalue weighted by atomic mass is 10.1. The van der Waals surface area contributed by atoms with Crippen LogP contribution in [0.5, 0.6) is 17.2 Å². The second-order valence-electron chi connectivity index (χ2n) is 7.96. The van der Waals surface area contributed by atoms with Gasteiger partial charge in [-0.2, -0.15) is 0 Å². The molecule has 34 heavy (non-hydrogen) atoms. The number of nitrogens with zero attached hydrogens (tertiary/aromatic N) is 4. The average Bonchev–Trinajstić information content (AvgIpc) is 2.91. The van der Waals surface area contributed by atoms with E-state index in [1.54, 1.807) is 14.2 Å². The molecule has 4 rings (SSSR count). The van der Waals surface area contributed by atoms with Gasteiger partial charge in [0.25, 0.3) is 5.91 Å². The molecule has 0 bridgehead atoms. The molecule has 2 aromatic carbocycles. The Labute approximate surface area is 200 Å². The lowest BCUT2D eigenvalue weighted by molar-refractivity contribution is -0.133. The zero-order valence-electron chi connectivity index (χ0n) is 19.9. The third kappa shape index (κ3) is 5.22. The van der Waals surface area contributed by atoms with Crippen LogP contribution in [0.25, 0.3) is 11.3 Å². The highest BCUT2D eigenvalue weighted by atomic mass is 16.5. The Balaban J connectivity index is 1.34. The zero-order chi connectivity index (χ0) is 23.9. The Bertz CT molecular complexity index is 1110. The first kappa shape index (κ1) is 23.4. The first-order chi connectivity index (χ1) is 16.6. The minimum absolute atomic E-state index is 0.00268. The Morgan fingerprint density at radius 2 is 1.71 bits per heavy atom. The molecule has 8 heteroatoms. The van der Waals surface area contributed by atoms with Crippen molar-refractivity contribution in [2.45, 2.75) is 13.3 Å². The molecule has 0 atom stereocenters. The maximum Gasteiger partial charge on any atom is 0.260 e. The van der Waals surface area contributed by atoms with E-state index >= 15 is 0 Å². The standard InChI is InChI=1S/C26H30N4O4/c1-4-19-7-5-6-8-23(19)34-18-26(31)30-15-13-29(14-16-30)25-12-10-22(27-28-25)21-17-20(32-2)9-11-24(21)33-3/h5-12,17H,4,13-16,18H2,1-3H3. The van der Waals surface area contributed by atoms with Crippen molar-refractivity contribution >= 4 is 11.7 Å². The number of carbonyl (C=O) groups is 1. The fourth-order valence-electron chi connectivity index (χ4n) is 4.00. The summed E-state index contributed by atoms with van der Waals surface area (Å²) in [5, 5.41) is 8.84. The van der Waals surface area contributed by atoms with Gasteiger partial charge in [0.2, 0.25) is 0 Å². The van der Waals surface area contributed by atoms with Crippen LogP contribution in [-0.4, -0.2) is 68.0 Å². The van der Waals surface area contributed by atoms with Crippen molar-refractivity contribution in [3.8, 4) is 28.5 Å². The van der Waals surface area contributed by atoms with Gasteiger partial charge in [0, 0.05) is 31.7 Å². The molecule has 0 saturated carbocycles. The van der Waals surface area contributed by atoms with Gasteiger partial charge >= 0.3 is 0 Å². The fraction of sp³-hybridized carbons (Fsp3) is 0.346. The van der Waals surface area contributed by atoms with Gasteiger partial charge in [-0.3, -0.25) is 4.79 Å². The number of benzene rings is 2. The highest BCUT2D eigenvalue weighted by Crippen LogP contribution is 2.32. The number of rotatable bonds is 8. The highest BCUT2D eigenvalue weighted by molar-refractivity contribution is 5.78. The molecule has 1 saturated heterocycles. The summed E-state index contributed by atoms with van der Waals surface area (Å²) in [7, 11) is 3.25. The molecule has 0 unspecified atom stereocenters. The van der Waals surface area contributed by atoms with Gasteiger partial charge in [-0.25, -0.2) is 0 Å². The lowest BCUT2D eigenvalue weighted by Crippen LogP contribution is -2.50. The van der Waals surface area contributed by atoms with Gasteiger partial charge in [0.1, 0.15) is 17.2 Å². The molecule has 3 aromatic rings. The summed E-state index contributed by atoms with van der Waals surface area (Å²) in [5.41, 5.74) is 2.63. The van der Waals surface area contributed by atoms with E-state index in [0.717, 1.165) is 34.9 Å². The number of methoxy groups -OCH3 is 2. The molecule has 178 valence electrons. The van der Waals surface area contributed by atoms with Crippen LogP contribution in [0.4, 0.5) is 5.82 Å². The largest absolute Gasteiger partial charge is 0.497 e. The third-order valence-electron chi connectivity index (χ3n) is 5.99. The maximum absolute atomic E-state index is 12.7. The van der Waals surface area contributed by atoms with Crippen molar-refractivity contribution in [2.75, 3.05) is 51.9 Å². The van der Waals surface area contributed by atoms with E-state index in [4.69, 9.17) is 14.2 Å². The summed E-state index contributed by atoms with van der Waals surface area (Å²) in [6.45, 7) is 4.73. The number of piperazine rings is 1. The number of hydrogen-bond acceptors (Lipinski definition) is 7. The zero-order valence-corrected chi connectivity index (χ0v) is 19.9. The quantitative estimate of drug-likeness (QED) is 0.507. The van der Waals surface area contributed by atoms with Crippen LogP contribution in [0.15, 0.2) is 54.6 Å². The average molecular weight is 463 g/mol. The molecule has 1 amide bonds. The minimum Gasteiger partial charge on any atom is -0.497 e. The van der Waals surface area contributed by atoms with Crippen LogP contribution in [-0.2, 0) is 11.2 Å². The molecule has 1 aromatic heterocycles. The van der Waals surface area contributed by atoms with Gasteiger partial charge < -0.3 is 24.0 Å². The SMILES string of the molecule is CCc1ccccc1OCC(=O)N1CCN(c2ccc(-c3cc(OC)ccc3OC)nn2)CC1. The van der Waals surface area contributed by atoms with Crippen molar-refractivity contribution in [2.24, 2.45) is 0 Å². The van der Waals surface area contributed by atoms with Crippen LogP contribution in [0.2, 0.25) is 0 Å². The fourth-order valence-corrected chi connectivity index (χ4v) is 4.00. The first-order valence-electron chi connectivity index (χ1n) is 11.4. The van der Waals surface area contributed by atoms with Crippen molar-refractivity contribution in [1.82, 2.24) is 15.1 Å². The molecule has 0 spiro atoms. The Hall–Kier alpha value is -3.81. The van der Waals surface area contributed by atoms with Crippen molar-refractivity contribution in [1.29, 1.82) is 0 Å². The van der Waals surface area contributed by atoms with Crippen molar-refractivity contribution in [3.05, 3.63) is 60.2 Å². The molecule has 2 heterocycles. The van der Waals surface area contributed by atoms with Gasteiger partial charge in [0.05, 0.1) is 19.9 Å². The summed E-state index contributed by atoms with van der Waals surface area (Å²) in [5.74, 6) is 2.99. The minimum atomic E-state index is -0.00268. The van der Waals surface area contributed by atoms with Crippen molar-refractivity contribution in [3.63, 3.8) is 0 Å². The Morgan fingerprint density at radius 3 is 2.38 bits per heavy atom. The topological polar surface area (TPSA) is 77.0 Å². The predicted molar refractivity (Wildman–Crippen MR) is 131 cm³/mol. The van der Waals surface area contributed by atoms with Crippen molar-refractivity contribution < 1.29 is 19.0 Å². The summed E-state index contributed by atoms with van der Waals surface area (Å²) >= 11 is 0. The van der Waals surface area contributed by atoms with Crippen LogP contribution < -0.4 is 19.1 Å². The van der Waals surface area contributed by atoms with Crippen LogP contribution >= 0.6 is 0 Å². The van der Waals surface area contributed by atoms with E-state index < -0.39 is 0 Å². The number of aryl methyl sites for hydroxylation is 1. The molecule has 8 nitrogen and oxygen atoms in total. The summed E-state index contributed by atoms with van der Waals surface area (Å²) < 4.78 is 16.6. The molecule has 0 radical (unpaired) electrons. The van der Waals surface area contributed by atoms with Gasteiger partial charge in [-0.1, -0.05) is 25.1 Å². The normalized spacial score (nSPS) is 13.5. The number of para-hydroxylation sites is 1. The second kappa shape index (κ2) is 10.9.